The predicted octanol–water partition coefficient (Wildman–Crippen LogP) is 3.23. The summed E-state index contributed by atoms with van der Waals surface area (Å²) in [4.78, 5) is 15.0. The number of rotatable bonds is 5. The van der Waals surface area contributed by atoms with E-state index in [1.54, 1.807) is 32.9 Å². The van der Waals surface area contributed by atoms with Crippen LogP contribution in [0, 0.1) is 27.7 Å². The summed E-state index contributed by atoms with van der Waals surface area (Å²) in [5.74, 6) is -0.653. The van der Waals surface area contributed by atoms with E-state index in [1.165, 1.54) is 0 Å². The van der Waals surface area contributed by atoms with E-state index in [0.717, 1.165) is 11.1 Å². The number of H-pyrrole nitrogens is 1. The van der Waals surface area contributed by atoms with Crippen LogP contribution >= 0.6 is 0 Å². The van der Waals surface area contributed by atoms with E-state index in [0.29, 0.717) is 17.1 Å². The lowest BCUT2D eigenvalue weighted by Gasteiger charge is -2.11. The Morgan fingerprint density at radius 1 is 1.12 bits per heavy atom. The van der Waals surface area contributed by atoms with Gasteiger partial charge >= 0.3 is 5.97 Å². The average molecular weight is 350 g/mol. The van der Waals surface area contributed by atoms with Crippen molar-refractivity contribution < 1.29 is 17.9 Å². The van der Waals surface area contributed by atoms with Crippen LogP contribution in [-0.4, -0.2) is 26.0 Å². The van der Waals surface area contributed by atoms with Crippen LogP contribution in [0.4, 0.5) is 5.69 Å². The molecule has 0 unspecified atom stereocenters. The van der Waals surface area contributed by atoms with Gasteiger partial charge in [0.1, 0.15) is 10.5 Å². The van der Waals surface area contributed by atoms with Crippen molar-refractivity contribution in [1.82, 2.24) is 4.98 Å². The van der Waals surface area contributed by atoms with Gasteiger partial charge in [-0.05, 0) is 57.9 Å². The summed E-state index contributed by atoms with van der Waals surface area (Å²) in [6.07, 6.45) is 0. The van der Waals surface area contributed by atoms with Crippen LogP contribution in [0.2, 0.25) is 0 Å². The van der Waals surface area contributed by atoms with Gasteiger partial charge in [0, 0.05) is 17.1 Å². The van der Waals surface area contributed by atoms with Crippen molar-refractivity contribution in [2.24, 2.45) is 0 Å². The molecule has 0 spiro atoms. The van der Waals surface area contributed by atoms with Gasteiger partial charge < -0.3 is 9.72 Å². The van der Waals surface area contributed by atoms with Gasteiger partial charge in [0.15, 0.2) is 0 Å². The third-order valence-electron chi connectivity index (χ3n) is 3.83. The molecule has 7 heteroatoms. The molecule has 2 rings (SSSR count). The summed E-state index contributed by atoms with van der Waals surface area (Å²) in [6, 6.07) is 5.29. The van der Waals surface area contributed by atoms with Crippen LogP contribution in [-0.2, 0) is 14.8 Å². The molecule has 0 aliphatic rings. The Morgan fingerprint density at radius 3 is 2.38 bits per heavy atom. The number of nitrogens with one attached hydrogen (secondary N) is 2. The lowest BCUT2D eigenvalue weighted by Crippen LogP contribution is -2.18. The Morgan fingerprint density at radius 2 is 1.79 bits per heavy atom. The third kappa shape index (κ3) is 3.46. The minimum atomic E-state index is -3.93. The number of hydrogen-bond donors (Lipinski definition) is 2. The Kier molecular flexibility index (Phi) is 5.03. The zero-order valence-electron chi connectivity index (χ0n) is 14.5. The Hall–Kier alpha value is -2.28. The molecule has 0 amide bonds. The maximum Gasteiger partial charge on any atom is 0.341 e. The number of sulfonamides is 1. The Labute approximate surface area is 142 Å². The van der Waals surface area contributed by atoms with E-state index < -0.39 is 16.0 Å². The maximum absolute atomic E-state index is 12.8. The number of benzene rings is 1. The van der Waals surface area contributed by atoms with E-state index in [-0.39, 0.29) is 17.1 Å². The quantitative estimate of drug-likeness (QED) is 0.810. The largest absolute Gasteiger partial charge is 0.462 e. The molecule has 24 heavy (non-hydrogen) atoms. The predicted molar refractivity (Wildman–Crippen MR) is 92.9 cm³/mol. The van der Waals surface area contributed by atoms with Crippen molar-refractivity contribution in [3.63, 3.8) is 0 Å². The van der Waals surface area contributed by atoms with Crippen molar-refractivity contribution >= 4 is 21.7 Å². The minimum absolute atomic E-state index is 0.0469. The fraction of sp³-hybridized carbons (Fsp3) is 0.353. The molecule has 2 aromatic rings. The van der Waals surface area contributed by atoms with Crippen LogP contribution in [0.25, 0.3) is 0 Å². The highest BCUT2D eigenvalue weighted by Crippen LogP contribution is 2.27. The molecule has 6 nitrogen and oxygen atoms in total. The summed E-state index contributed by atoms with van der Waals surface area (Å²) in [6.45, 7) is 8.97. The molecule has 0 atom stereocenters. The summed E-state index contributed by atoms with van der Waals surface area (Å²) >= 11 is 0. The van der Waals surface area contributed by atoms with Gasteiger partial charge in [0.05, 0.1) is 6.61 Å². The van der Waals surface area contributed by atoms with Crippen LogP contribution in [0.15, 0.2) is 23.1 Å². The second-order valence-electron chi connectivity index (χ2n) is 5.70. The Bertz CT molecular complexity index is 882. The van der Waals surface area contributed by atoms with Crippen molar-refractivity contribution in [2.75, 3.05) is 11.3 Å². The number of carbonyl (C=O) groups is 1. The van der Waals surface area contributed by atoms with Gasteiger partial charge in [-0.15, -0.1) is 0 Å². The van der Waals surface area contributed by atoms with Crippen LogP contribution < -0.4 is 4.72 Å². The number of aromatic amines is 1. The van der Waals surface area contributed by atoms with Crippen LogP contribution in [0.3, 0.4) is 0 Å². The van der Waals surface area contributed by atoms with Gasteiger partial charge in [-0.3, -0.25) is 4.72 Å². The second-order valence-corrected chi connectivity index (χ2v) is 7.32. The molecule has 1 aromatic heterocycles. The highest BCUT2D eigenvalue weighted by atomic mass is 32.2. The summed E-state index contributed by atoms with van der Waals surface area (Å²) in [5, 5.41) is 0. The van der Waals surface area contributed by atoms with Crippen LogP contribution in [0.5, 0.6) is 0 Å². The molecule has 1 heterocycles. The first-order valence-electron chi connectivity index (χ1n) is 7.63. The highest BCUT2D eigenvalue weighted by molar-refractivity contribution is 7.92. The number of aryl methyl sites for hydroxylation is 4. The van der Waals surface area contributed by atoms with Crippen LogP contribution in [0.1, 0.15) is 39.8 Å². The van der Waals surface area contributed by atoms with Gasteiger partial charge in [0.25, 0.3) is 10.0 Å². The first kappa shape index (κ1) is 18.1. The Balaban J connectivity index is 2.49. The minimum Gasteiger partial charge on any atom is -0.462 e. The van der Waals surface area contributed by atoms with E-state index in [9.17, 15) is 13.2 Å². The molecular weight excluding hydrogens is 328 g/mol. The fourth-order valence-electron chi connectivity index (χ4n) is 2.55. The van der Waals surface area contributed by atoms with Crippen molar-refractivity contribution in [3.8, 4) is 0 Å². The molecule has 0 fully saturated rings. The zero-order valence-corrected chi connectivity index (χ0v) is 15.3. The number of esters is 1. The molecule has 1 aromatic carbocycles. The lowest BCUT2D eigenvalue weighted by molar-refractivity contribution is 0.0521. The average Bonchev–Trinajstić information content (AvgIpc) is 2.78. The van der Waals surface area contributed by atoms with E-state index >= 15 is 0 Å². The topological polar surface area (TPSA) is 88.3 Å². The van der Waals surface area contributed by atoms with E-state index in [1.807, 2.05) is 19.9 Å². The van der Waals surface area contributed by atoms with Gasteiger partial charge in [-0.2, -0.15) is 0 Å². The van der Waals surface area contributed by atoms with Gasteiger partial charge in [-0.25, -0.2) is 13.2 Å². The molecule has 2 N–H and O–H groups in total. The first-order valence-corrected chi connectivity index (χ1v) is 9.12. The molecule has 0 saturated heterocycles. The van der Waals surface area contributed by atoms with Gasteiger partial charge in [-0.1, -0.05) is 6.07 Å². The normalized spacial score (nSPS) is 11.4. The highest BCUT2D eigenvalue weighted by Gasteiger charge is 2.30. The lowest BCUT2D eigenvalue weighted by atomic mass is 10.1. The first-order chi connectivity index (χ1) is 11.2. The van der Waals surface area contributed by atoms with Crippen molar-refractivity contribution in [3.05, 3.63) is 46.3 Å². The number of ether oxygens (including phenoxy) is 1. The summed E-state index contributed by atoms with van der Waals surface area (Å²) in [7, 11) is -3.93. The smallest absolute Gasteiger partial charge is 0.341 e. The van der Waals surface area contributed by atoms with Crippen molar-refractivity contribution in [2.45, 2.75) is 39.5 Å². The van der Waals surface area contributed by atoms with E-state index in [4.69, 9.17) is 4.74 Å². The zero-order chi connectivity index (χ0) is 18.1. The third-order valence-corrected chi connectivity index (χ3v) is 5.38. The molecule has 0 bridgehead atoms. The molecule has 0 aliphatic carbocycles. The molecule has 0 aliphatic heterocycles. The van der Waals surface area contributed by atoms with Gasteiger partial charge in [0.2, 0.25) is 0 Å². The summed E-state index contributed by atoms with van der Waals surface area (Å²) < 4.78 is 33.2. The summed E-state index contributed by atoms with van der Waals surface area (Å²) in [5.41, 5.74) is 3.40. The fourth-order valence-corrected chi connectivity index (χ4v) is 4.05. The molecule has 0 radical (unpaired) electrons. The number of hydrogen-bond acceptors (Lipinski definition) is 4. The molecule has 0 saturated carbocycles. The number of aromatic nitrogens is 1. The molecular formula is C17H22N2O4S. The molecule has 130 valence electrons. The maximum atomic E-state index is 12.8. The van der Waals surface area contributed by atoms with E-state index in [2.05, 4.69) is 9.71 Å². The second kappa shape index (κ2) is 6.68. The number of carbonyl (C=O) groups excluding carboxylic acids is 1. The standard InChI is InChI=1S/C17H22N2O4S/c1-6-23-17(20)15-12(4)18-13(5)16(15)24(21,22)19-14-8-7-10(2)11(3)9-14/h7-9,18-19H,6H2,1-5H3. The monoisotopic (exact) mass is 350 g/mol. The SMILES string of the molecule is CCOC(=O)c1c(C)[nH]c(C)c1S(=O)(=O)Nc1ccc(C)c(C)c1. The van der Waals surface area contributed by atoms with Crippen molar-refractivity contribution in [1.29, 1.82) is 0 Å². The number of anilines is 1.